The smallest absolute Gasteiger partial charge is 0.227 e. The lowest BCUT2D eigenvalue weighted by molar-refractivity contribution is -0.118. The first-order chi connectivity index (χ1) is 9.83. The van der Waals surface area contributed by atoms with E-state index in [1.807, 2.05) is 17.0 Å². The first-order valence-corrected chi connectivity index (χ1v) is 7.92. The van der Waals surface area contributed by atoms with Crippen LogP contribution in [0.15, 0.2) is 24.3 Å². The molecule has 0 unspecified atom stereocenters. The predicted molar refractivity (Wildman–Crippen MR) is 83.9 cm³/mol. The van der Waals surface area contributed by atoms with Gasteiger partial charge in [0.1, 0.15) is 0 Å². The number of anilines is 1. The number of benzene rings is 1. The summed E-state index contributed by atoms with van der Waals surface area (Å²) in [6.07, 6.45) is 6.65. The zero-order valence-corrected chi connectivity index (χ0v) is 12.5. The summed E-state index contributed by atoms with van der Waals surface area (Å²) in [4.78, 5) is 14.4. The molecule has 3 heteroatoms. The SMILES string of the molecule is CCCCCCCC(=O)N1CCNCc2ccccc21. The Morgan fingerprint density at radius 3 is 2.85 bits per heavy atom. The molecule has 0 saturated carbocycles. The molecule has 0 saturated heterocycles. The van der Waals surface area contributed by atoms with Crippen LogP contribution >= 0.6 is 0 Å². The van der Waals surface area contributed by atoms with E-state index < -0.39 is 0 Å². The molecule has 0 spiro atoms. The number of rotatable bonds is 6. The van der Waals surface area contributed by atoms with Crippen LogP contribution in [0.5, 0.6) is 0 Å². The van der Waals surface area contributed by atoms with Gasteiger partial charge in [-0.1, -0.05) is 50.8 Å². The van der Waals surface area contributed by atoms with E-state index in [0.29, 0.717) is 6.42 Å². The lowest BCUT2D eigenvalue weighted by atomic mass is 10.1. The molecular weight excluding hydrogens is 248 g/mol. The van der Waals surface area contributed by atoms with Crippen molar-refractivity contribution in [1.29, 1.82) is 0 Å². The molecule has 1 aliphatic heterocycles. The van der Waals surface area contributed by atoms with Crippen LogP contribution in [0.25, 0.3) is 0 Å². The summed E-state index contributed by atoms with van der Waals surface area (Å²) in [6, 6.07) is 8.23. The number of hydrogen-bond acceptors (Lipinski definition) is 2. The van der Waals surface area contributed by atoms with E-state index in [1.54, 1.807) is 0 Å². The number of amides is 1. The largest absolute Gasteiger partial charge is 0.311 e. The second-order valence-corrected chi connectivity index (χ2v) is 5.52. The minimum atomic E-state index is 0.276. The number of nitrogens with zero attached hydrogens (tertiary/aromatic N) is 1. The van der Waals surface area contributed by atoms with Crippen molar-refractivity contribution in [3.05, 3.63) is 29.8 Å². The van der Waals surface area contributed by atoms with Crippen LogP contribution in [0.3, 0.4) is 0 Å². The van der Waals surface area contributed by atoms with Crippen molar-refractivity contribution >= 4 is 11.6 Å². The maximum Gasteiger partial charge on any atom is 0.227 e. The van der Waals surface area contributed by atoms with Crippen LogP contribution in [-0.2, 0) is 11.3 Å². The van der Waals surface area contributed by atoms with Crippen LogP contribution < -0.4 is 10.2 Å². The fourth-order valence-corrected chi connectivity index (χ4v) is 2.73. The molecular formula is C17H26N2O. The minimum Gasteiger partial charge on any atom is -0.311 e. The molecule has 1 N–H and O–H groups in total. The number of unbranched alkanes of at least 4 members (excludes halogenated alkanes) is 4. The molecule has 0 aliphatic carbocycles. The Balaban J connectivity index is 1.92. The van der Waals surface area contributed by atoms with Gasteiger partial charge in [-0.25, -0.2) is 0 Å². The summed E-state index contributed by atoms with van der Waals surface area (Å²) in [5, 5.41) is 3.38. The average molecular weight is 274 g/mol. The highest BCUT2D eigenvalue weighted by molar-refractivity contribution is 5.94. The quantitative estimate of drug-likeness (QED) is 0.805. The van der Waals surface area contributed by atoms with Crippen molar-refractivity contribution in [3.8, 4) is 0 Å². The van der Waals surface area contributed by atoms with Crippen molar-refractivity contribution in [1.82, 2.24) is 5.32 Å². The summed E-state index contributed by atoms with van der Waals surface area (Å²) in [7, 11) is 0. The van der Waals surface area contributed by atoms with Gasteiger partial charge in [0.2, 0.25) is 5.91 Å². The van der Waals surface area contributed by atoms with E-state index in [0.717, 1.165) is 31.7 Å². The lowest BCUT2D eigenvalue weighted by Crippen LogP contribution is -2.34. The lowest BCUT2D eigenvalue weighted by Gasteiger charge is -2.22. The van der Waals surface area contributed by atoms with Crippen molar-refractivity contribution in [2.45, 2.75) is 52.0 Å². The molecule has 1 aromatic rings. The van der Waals surface area contributed by atoms with Gasteiger partial charge in [-0.15, -0.1) is 0 Å². The topological polar surface area (TPSA) is 32.3 Å². The number of para-hydroxylation sites is 1. The Bertz CT molecular complexity index is 431. The molecule has 0 atom stereocenters. The van der Waals surface area contributed by atoms with Crippen molar-refractivity contribution < 1.29 is 4.79 Å². The van der Waals surface area contributed by atoms with Crippen LogP contribution in [-0.4, -0.2) is 19.0 Å². The number of nitrogens with one attached hydrogen (secondary N) is 1. The molecule has 1 heterocycles. The second-order valence-electron chi connectivity index (χ2n) is 5.52. The summed E-state index contributed by atoms with van der Waals surface area (Å²) >= 11 is 0. The third-order valence-corrected chi connectivity index (χ3v) is 3.91. The Morgan fingerprint density at radius 1 is 1.20 bits per heavy atom. The molecule has 0 bridgehead atoms. The van der Waals surface area contributed by atoms with Crippen molar-refractivity contribution in [3.63, 3.8) is 0 Å². The van der Waals surface area contributed by atoms with Gasteiger partial charge in [0, 0.05) is 31.7 Å². The minimum absolute atomic E-state index is 0.276. The Kier molecular flexibility index (Phi) is 6.06. The Hall–Kier alpha value is -1.35. The average Bonchev–Trinajstić information content (AvgIpc) is 2.69. The van der Waals surface area contributed by atoms with Gasteiger partial charge in [0.05, 0.1) is 0 Å². The number of carbonyl (C=O) groups is 1. The molecule has 2 rings (SSSR count). The molecule has 0 aromatic heterocycles. The van der Waals surface area contributed by atoms with Gasteiger partial charge in [-0.3, -0.25) is 4.79 Å². The molecule has 1 amide bonds. The second kappa shape index (κ2) is 8.05. The van der Waals surface area contributed by atoms with Crippen LogP contribution in [0.2, 0.25) is 0 Å². The maximum absolute atomic E-state index is 12.4. The highest BCUT2D eigenvalue weighted by Gasteiger charge is 2.19. The molecule has 1 aromatic carbocycles. The molecule has 0 fully saturated rings. The Morgan fingerprint density at radius 2 is 2.00 bits per heavy atom. The van der Waals surface area contributed by atoms with E-state index in [2.05, 4.69) is 24.4 Å². The van der Waals surface area contributed by atoms with Crippen LogP contribution in [0, 0.1) is 0 Å². The van der Waals surface area contributed by atoms with E-state index in [4.69, 9.17) is 0 Å². The highest BCUT2D eigenvalue weighted by atomic mass is 16.2. The summed E-state index contributed by atoms with van der Waals surface area (Å²) in [6.45, 7) is 4.73. The first-order valence-electron chi connectivity index (χ1n) is 7.92. The molecule has 1 aliphatic rings. The summed E-state index contributed by atoms with van der Waals surface area (Å²) in [5.41, 5.74) is 2.32. The number of hydrogen-bond donors (Lipinski definition) is 1. The third-order valence-electron chi connectivity index (χ3n) is 3.91. The molecule has 20 heavy (non-hydrogen) atoms. The van der Waals surface area contributed by atoms with Gasteiger partial charge < -0.3 is 10.2 Å². The standard InChI is InChI=1S/C17H26N2O/c1-2-3-4-5-6-11-17(20)19-13-12-18-14-15-9-7-8-10-16(15)19/h7-10,18H,2-6,11-14H2,1H3. The van der Waals surface area contributed by atoms with Gasteiger partial charge in [-0.05, 0) is 18.1 Å². The fraction of sp³-hybridized carbons (Fsp3) is 0.588. The molecule has 110 valence electrons. The number of carbonyl (C=O) groups excluding carboxylic acids is 1. The van der Waals surface area contributed by atoms with E-state index in [1.165, 1.54) is 31.2 Å². The van der Waals surface area contributed by atoms with E-state index in [-0.39, 0.29) is 5.91 Å². The maximum atomic E-state index is 12.4. The predicted octanol–water partition coefficient (Wildman–Crippen LogP) is 3.48. The van der Waals surface area contributed by atoms with E-state index in [9.17, 15) is 4.79 Å². The van der Waals surface area contributed by atoms with Crippen molar-refractivity contribution in [2.24, 2.45) is 0 Å². The zero-order chi connectivity index (χ0) is 14.2. The molecule has 3 nitrogen and oxygen atoms in total. The van der Waals surface area contributed by atoms with Crippen LogP contribution in [0.4, 0.5) is 5.69 Å². The van der Waals surface area contributed by atoms with Crippen LogP contribution in [0.1, 0.15) is 51.0 Å². The normalized spacial score (nSPS) is 14.8. The molecule has 0 radical (unpaired) electrons. The third kappa shape index (κ3) is 4.07. The van der Waals surface area contributed by atoms with Gasteiger partial charge in [-0.2, -0.15) is 0 Å². The fourth-order valence-electron chi connectivity index (χ4n) is 2.73. The van der Waals surface area contributed by atoms with E-state index >= 15 is 0 Å². The highest BCUT2D eigenvalue weighted by Crippen LogP contribution is 2.23. The first kappa shape index (κ1) is 15.0. The van der Waals surface area contributed by atoms with Gasteiger partial charge in [0.15, 0.2) is 0 Å². The Labute approximate surface area is 122 Å². The van der Waals surface area contributed by atoms with Gasteiger partial charge >= 0.3 is 0 Å². The monoisotopic (exact) mass is 274 g/mol. The summed E-state index contributed by atoms with van der Waals surface area (Å²) in [5.74, 6) is 0.276. The summed E-state index contributed by atoms with van der Waals surface area (Å²) < 4.78 is 0. The number of fused-ring (bicyclic) bond motifs is 1. The van der Waals surface area contributed by atoms with Crippen molar-refractivity contribution in [2.75, 3.05) is 18.0 Å². The zero-order valence-electron chi connectivity index (χ0n) is 12.5. The van der Waals surface area contributed by atoms with Gasteiger partial charge in [0.25, 0.3) is 0 Å².